The third-order valence-corrected chi connectivity index (χ3v) is 3.69. The van der Waals surface area contributed by atoms with E-state index < -0.39 is 0 Å². The van der Waals surface area contributed by atoms with Crippen LogP contribution in [0.2, 0.25) is 0 Å². The monoisotopic (exact) mass is 262 g/mol. The van der Waals surface area contributed by atoms with Crippen LogP contribution in [0.4, 0.5) is 5.82 Å². The van der Waals surface area contributed by atoms with Crippen molar-refractivity contribution >= 4 is 11.7 Å². The molecule has 0 aliphatic heterocycles. The summed E-state index contributed by atoms with van der Waals surface area (Å²) in [5.41, 5.74) is 0.695. The Morgan fingerprint density at radius 1 is 1.37 bits per heavy atom. The standard InChI is InChI=1S/C14H22N4O/c1-14(2)8-4-5-10(9-14)16-13(19)11-6-7-12(15-3)18-17-11/h6-7,10H,4-5,8-9H2,1-3H3,(H,15,18)(H,16,19). The number of rotatable bonds is 3. The highest BCUT2D eigenvalue weighted by molar-refractivity contribution is 5.92. The van der Waals surface area contributed by atoms with Gasteiger partial charge >= 0.3 is 0 Å². The number of hydrogen-bond acceptors (Lipinski definition) is 4. The minimum absolute atomic E-state index is 0.127. The van der Waals surface area contributed by atoms with Gasteiger partial charge in [-0.1, -0.05) is 20.3 Å². The van der Waals surface area contributed by atoms with Gasteiger partial charge in [0.15, 0.2) is 5.69 Å². The van der Waals surface area contributed by atoms with Gasteiger partial charge in [0, 0.05) is 13.1 Å². The minimum Gasteiger partial charge on any atom is -0.372 e. The van der Waals surface area contributed by atoms with Crippen molar-refractivity contribution in [2.75, 3.05) is 12.4 Å². The summed E-state index contributed by atoms with van der Waals surface area (Å²) in [6.45, 7) is 4.51. The van der Waals surface area contributed by atoms with Gasteiger partial charge in [-0.3, -0.25) is 4.79 Å². The normalized spacial score (nSPS) is 21.7. The number of anilines is 1. The van der Waals surface area contributed by atoms with E-state index in [4.69, 9.17) is 0 Å². The van der Waals surface area contributed by atoms with Gasteiger partial charge in [0.1, 0.15) is 5.82 Å². The van der Waals surface area contributed by atoms with Crippen molar-refractivity contribution in [2.45, 2.75) is 45.6 Å². The molecule has 5 heteroatoms. The van der Waals surface area contributed by atoms with Crippen LogP contribution in [0.3, 0.4) is 0 Å². The summed E-state index contributed by atoms with van der Waals surface area (Å²) >= 11 is 0. The molecule has 0 saturated heterocycles. The minimum atomic E-state index is -0.127. The van der Waals surface area contributed by atoms with Crippen molar-refractivity contribution in [1.29, 1.82) is 0 Å². The SMILES string of the molecule is CNc1ccc(C(=O)NC2CCCC(C)(C)C2)nn1. The number of amides is 1. The second kappa shape index (κ2) is 5.55. The van der Waals surface area contributed by atoms with E-state index in [0.717, 1.165) is 12.8 Å². The first-order valence-corrected chi connectivity index (χ1v) is 6.82. The number of aromatic nitrogens is 2. The molecule has 1 atom stereocenters. The van der Waals surface area contributed by atoms with Gasteiger partial charge in [0.05, 0.1) is 0 Å². The summed E-state index contributed by atoms with van der Waals surface area (Å²) in [5, 5.41) is 13.8. The highest BCUT2D eigenvalue weighted by Crippen LogP contribution is 2.35. The molecule has 1 aliphatic rings. The average Bonchev–Trinajstić information content (AvgIpc) is 2.37. The molecule has 19 heavy (non-hydrogen) atoms. The fourth-order valence-corrected chi connectivity index (χ4v) is 2.67. The molecule has 1 unspecified atom stereocenters. The zero-order valence-corrected chi connectivity index (χ0v) is 11.9. The highest BCUT2D eigenvalue weighted by atomic mass is 16.2. The first-order chi connectivity index (χ1) is 9.00. The van der Waals surface area contributed by atoms with Crippen molar-refractivity contribution in [1.82, 2.24) is 15.5 Å². The van der Waals surface area contributed by atoms with Crippen LogP contribution in [0.5, 0.6) is 0 Å². The molecule has 0 spiro atoms. The molecule has 0 aromatic carbocycles. The van der Waals surface area contributed by atoms with Crippen LogP contribution >= 0.6 is 0 Å². The molecule has 1 saturated carbocycles. The third kappa shape index (κ3) is 3.66. The molecule has 104 valence electrons. The van der Waals surface area contributed by atoms with Crippen molar-refractivity contribution < 1.29 is 4.79 Å². The van der Waals surface area contributed by atoms with E-state index in [1.807, 2.05) is 0 Å². The van der Waals surface area contributed by atoms with Gasteiger partial charge in [0.25, 0.3) is 5.91 Å². The number of carbonyl (C=O) groups excluding carboxylic acids is 1. The maximum atomic E-state index is 12.1. The number of carbonyl (C=O) groups is 1. The van der Waals surface area contributed by atoms with Gasteiger partial charge < -0.3 is 10.6 Å². The van der Waals surface area contributed by atoms with Crippen molar-refractivity contribution in [3.63, 3.8) is 0 Å². The maximum Gasteiger partial charge on any atom is 0.272 e. The zero-order valence-electron chi connectivity index (χ0n) is 11.9. The molecule has 1 aliphatic carbocycles. The smallest absolute Gasteiger partial charge is 0.272 e. The summed E-state index contributed by atoms with van der Waals surface area (Å²) in [6.07, 6.45) is 4.48. The fraction of sp³-hybridized carbons (Fsp3) is 0.643. The fourth-order valence-electron chi connectivity index (χ4n) is 2.67. The summed E-state index contributed by atoms with van der Waals surface area (Å²) in [6, 6.07) is 3.71. The van der Waals surface area contributed by atoms with E-state index in [1.54, 1.807) is 19.2 Å². The van der Waals surface area contributed by atoms with Crippen molar-refractivity contribution in [2.24, 2.45) is 5.41 Å². The molecule has 0 radical (unpaired) electrons. The number of nitrogens with one attached hydrogen (secondary N) is 2. The van der Waals surface area contributed by atoms with E-state index in [0.29, 0.717) is 16.9 Å². The van der Waals surface area contributed by atoms with Gasteiger partial charge in [-0.15, -0.1) is 10.2 Å². The molecule has 5 nitrogen and oxygen atoms in total. The first-order valence-electron chi connectivity index (χ1n) is 6.82. The Kier molecular flexibility index (Phi) is 4.02. The molecule has 2 rings (SSSR count). The summed E-state index contributed by atoms with van der Waals surface area (Å²) in [4.78, 5) is 12.1. The summed E-state index contributed by atoms with van der Waals surface area (Å²) in [5.74, 6) is 0.535. The molecule has 1 aromatic rings. The van der Waals surface area contributed by atoms with Gasteiger partial charge in [-0.2, -0.15) is 0 Å². The topological polar surface area (TPSA) is 66.9 Å². The van der Waals surface area contributed by atoms with Gasteiger partial charge in [-0.05, 0) is 36.8 Å². The molecule has 1 heterocycles. The van der Waals surface area contributed by atoms with Crippen LogP contribution in [-0.4, -0.2) is 29.2 Å². The second-order valence-corrected chi connectivity index (χ2v) is 5.98. The Balaban J connectivity index is 1.96. The van der Waals surface area contributed by atoms with E-state index in [2.05, 4.69) is 34.7 Å². The molecular formula is C14H22N4O. The van der Waals surface area contributed by atoms with E-state index in [1.165, 1.54) is 12.8 Å². The van der Waals surface area contributed by atoms with Crippen LogP contribution in [0.25, 0.3) is 0 Å². The van der Waals surface area contributed by atoms with Gasteiger partial charge in [0.2, 0.25) is 0 Å². The Morgan fingerprint density at radius 2 is 2.16 bits per heavy atom. The lowest BCUT2D eigenvalue weighted by atomic mass is 9.75. The number of nitrogens with zero attached hydrogens (tertiary/aromatic N) is 2. The van der Waals surface area contributed by atoms with Crippen LogP contribution in [0.15, 0.2) is 12.1 Å². The van der Waals surface area contributed by atoms with Crippen LogP contribution in [-0.2, 0) is 0 Å². The lowest BCUT2D eigenvalue weighted by Crippen LogP contribution is -2.41. The zero-order chi connectivity index (χ0) is 13.9. The Morgan fingerprint density at radius 3 is 2.74 bits per heavy atom. The Hall–Kier alpha value is -1.65. The summed E-state index contributed by atoms with van der Waals surface area (Å²) < 4.78 is 0. The van der Waals surface area contributed by atoms with E-state index >= 15 is 0 Å². The van der Waals surface area contributed by atoms with Crippen LogP contribution in [0.1, 0.15) is 50.0 Å². The third-order valence-electron chi connectivity index (χ3n) is 3.69. The Labute approximate surface area is 114 Å². The summed E-state index contributed by atoms with van der Waals surface area (Å²) in [7, 11) is 1.77. The van der Waals surface area contributed by atoms with Crippen molar-refractivity contribution in [3.8, 4) is 0 Å². The van der Waals surface area contributed by atoms with Gasteiger partial charge in [-0.25, -0.2) is 0 Å². The quantitative estimate of drug-likeness (QED) is 0.876. The van der Waals surface area contributed by atoms with E-state index in [-0.39, 0.29) is 11.9 Å². The van der Waals surface area contributed by atoms with Crippen LogP contribution in [0, 0.1) is 5.41 Å². The average molecular weight is 262 g/mol. The lowest BCUT2D eigenvalue weighted by Gasteiger charge is -2.35. The molecule has 1 aromatic heterocycles. The molecule has 0 bridgehead atoms. The van der Waals surface area contributed by atoms with E-state index in [9.17, 15) is 4.79 Å². The molecule has 1 amide bonds. The highest BCUT2D eigenvalue weighted by Gasteiger charge is 2.29. The predicted octanol–water partition coefficient (Wildman–Crippen LogP) is 2.22. The molecule has 1 fully saturated rings. The Bertz CT molecular complexity index is 441. The lowest BCUT2D eigenvalue weighted by molar-refractivity contribution is 0.0896. The number of hydrogen-bond donors (Lipinski definition) is 2. The van der Waals surface area contributed by atoms with Crippen LogP contribution < -0.4 is 10.6 Å². The first kappa shape index (κ1) is 13.8. The maximum absolute atomic E-state index is 12.1. The predicted molar refractivity (Wildman–Crippen MR) is 75.1 cm³/mol. The second-order valence-electron chi connectivity index (χ2n) is 5.98. The van der Waals surface area contributed by atoms with Crippen molar-refractivity contribution in [3.05, 3.63) is 17.8 Å². The molecule has 2 N–H and O–H groups in total. The molecular weight excluding hydrogens is 240 g/mol. The largest absolute Gasteiger partial charge is 0.372 e.